The Morgan fingerprint density at radius 1 is 0.300 bits per heavy atom. The van der Waals surface area contributed by atoms with Crippen molar-refractivity contribution in [2.45, 2.75) is 41.5 Å². The van der Waals surface area contributed by atoms with Crippen LogP contribution >= 0.6 is 0 Å². The molecule has 0 aliphatic heterocycles. The first kappa shape index (κ1) is 24.6. The van der Waals surface area contributed by atoms with Crippen molar-refractivity contribution >= 4 is 43.1 Å². The van der Waals surface area contributed by atoms with Gasteiger partial charge in [-0.2, -0.15) is 0 Å². The van der Waals surface area contributed by atoms with Gasteiger partial charge in [0.25, 0.3) is 0 Å². The van der Waals surface area contributed by atoms with Crippen molar-refractivity contribution in [1.29, 1.82) is 0 Å². The quantitative estimate of drug-likeness (QED) is 0.201. The van der Waals surface area contributed by atoms with Crippen LogP contribution in [0.25, 0.3) is 65.3 Å². The van der Waals surface area contributed by atoms with Gasteiger partial charge in [0.05, 0.1) is 0 Å². The van der Waals surface area contributed by atoms with Crippen molar-refractivity contribution in [3.63, 3.8) is 0 Å². The fourth-order valence-electron chi connectivity index (χ4n) is 7.29. The largest absolute Gasteiger partial charge is 0.0616 e. The number of rotatable bonds is 2. The molecule has 40 heavy (non-hydrogen) atoms. The van der Waals surface area contributed by atoms with E-state index in [0.29, 0.717) is 0 Å². The fraction of sp³-hybridized carbons (Fsp3) is 0.150. The van der Waals surface area contributed by atoms with Crippen LogP contribution in [0.1, 0.15) is 33.4 Å². The first-order valence-corrected chi connectivity index (χ1v) is 14.3. The molecule has 0 unspecified atom stereocenters. The molecule has 0 heteroatoms. The summed E-state index contributed by atoms with van der Waals surface area (Å²) in [5.41, 5.74) is 13.4. The minimum absolute atomic E-state index is 1.28. The van der Waals surface area contributed by atoms with E-state index in [1.807, 2.05) is 0 Å². The molecule has 0 amide bonds. The molecule has 0 fully saturated rings. The summed E-state index contributed by atoms with van der Waals surface area (Å²) < 4.78 is 0. The predicted octanol–water partition coefficient (Wildman–Crippen LogP) is 11.5. The van der Waals surface area contributed by atoms with E-state index >= 15 is 0 Å². The second-order valence-corrected chi connectivity index (χ2v) is 11.8. The minimum atomic E-state index is 1.28. The summed E-state index contributed by atoms with van der Waals surface area (Å²) in [6.07, 6.45) is 0. The van der Waals surface area contributed by atoms with Crippen molar-refractivity contribution in [2.24, 2.45) is 0 Å². The van der Waals surface area contributed by atoms with Crippen LogP contribution in [0.2, 0.25) is 0 Å². The predicted molar refractivity (Wildman–Crippen MR) is 176 cm³/mol. The Bertz CT molecular complexity index is 1860. The van der Waals surface area contributed by atoms with Crippen LogP contribution in [-0.4, -0.2) is 0 Å². The Labute approximate surface area is 236 Å². The van der Waals surface area contributed by atoms with Crippen molar-refractivity contribution in [3.05, 3.63) is 130 Å². The molecule has 0 heterocycles. The maximum Gasteiger partial charge on any atom is -0.00206 e. The van der Waals surface area contributed by atoms with E-state index in [1.165, 1.54) is 98.7 Å². The van der Waals surface area contributed by atoms with Gasteiger partial charge in [0.1, 0.15) is 0 Å². The highest BCUT2D eigenvalue weighted by atomic mass is 14.2. The van der Waals surface area contributed by atoms with Gasteiger partial charge in [-0.15, -0.1) is 0 Å². The SMILES string of the molecule is Cc1cc(C)c(-c2c3cc4ccccc4cc3c(-c3c(C)cc(C)cc3C)c3cc4ccccc4cc23)c(C)c1. The molecule has 0 atom stereocenters. The molecule has 7 aromatic rings. The van der Waals surface area contributed by atoms with Crippen LogP contribution in [0.15, 0.2) is 97.1 Å². The Morgan fingerprint density at radius 2 is 0.550 bits per heavy atom. The normalized spacial score (nSPS) is 11.8. The number of hydrogen-bond acceptors (Lipinski definition) is 0. The maximum absolute atomic E-state index is 2.44. The molecular weight excluding hydrogens is 480 g/mol. The molecule has 0 aliphatic rings. The van der Waals surface area contributed by atoms with Crippen LogP contribution in [0.3, 0.4) is 0 Å². The van der Waals surface area contributed by atoms with Gasteiger partial charge >= 0.3 is 0 Å². The van der Waals surface area contributed by atoms with Crippen LogP contribution < -0.4 is 0 Å². The number of hydrogen-bond donors (Lipinski definition) is 0. The summed E-state index contributed by atoms with van der Waals surface area (Å²) >= 11 is 0. The molecule has 7 rings (SSSR count). The molecule has 0 spiro atoms. The first-order valence-electron chi connectivity index (χ1n) is 14.3. The van der Waals surface area contributed by atoms with Gasteiger partial charge in [0, 0.05) is 0 Å². The van der Waals surface area contributed by atoms with Crippen LogP contribution in [0.5, 0.6) is 0 Å². The zero-order valence-electron chi connectivity index (χ0n) is 24.2. The lowest BCUT2D eigenvalue weighted by atomic mass is 9.80. The van der Waals surface area contributed by atoms with Gasteiger partial charge in [0.15, 0.2) is 0 Å². The molecule has 0 radical (unpaired) electrons. The van der Waals surface area contributed by atoms with Crippen LogP contribution in [0, 0.1) is 41.5 Å². The van der Waals surface area contributed by atoms with E-state index in [4.69, 9.17) is 0 Å². The van der Waals surface area contributed by atoms with Crippen LogP contribution in [0.4, 0.5) is 0 Å². The summed E-state index contributed by atoms with van der Waals surface area (Å²) in [6, 6.07) is 36.7. The molecule has 0 N–H and O–H groups in total. The van der Waals surface area contributed by atoms with Crippen molar-refractivity contribution in [1.82, 2.24) is 0 Å². The van der Waals surface area contributed by atoms with Crippen molar-refractivity contribution in [3.8, 4) is 22.3 Å². The molecule has 0 saturated heterocycles. The average Bonchev–Trinajstić information content (AvgIpc) is 2.91. The van der Waals surface area contributed by atoms with Crippen LogP contribution in [-0.2, 0) is 0 Å². The monoisotopic (exact) mass is 514 g/mol. The molecule has 194 valence electrons. The molecule has 0 saturated carbocycles. The molecule has 0 aromatic heterocycles. The van der Waals surface area contributed by atoms with Gasteiger partial charge < -0.3 is 0 Å². The first-order chi connectivity index (χ1) is 19.3. The molecule has 0 aliphatic carbocycles. The van der Waals surface area contributed by atoms with Gasteiger partial charge in [-0.3, -0.25) is 0 Å². The third-order valence-corrected chi connectivity index (χ3v) is 8.70. The number of aryl methyl sites for hydroxylation is 6. The lowest BCUT2D eigenvalue weighted by Gasteiger charge is -2.23. The lowest BCUT2D eigenvalue weighted by molar-refractivity contribution is 1.32. The zero-order chi connectivity index (χ0) is 27.7. The highest BCUT2D eigenvalue weighted by molar-refractivity contribution is 6.26. The highest BCUT2D eigenvalue weighted by Gasteiger charge is 2.22. The van der Waals surface area contributed by atoms with Crippen molar-refractivity contribution < 1.29 is 0 Å². The maximum atomic E-state index is 2.44. The smallest absolute Gasteiger partial charge is 0.00206 e. The average molecular weight is 515 g/mol. The van der Waals surface area contributed by atoms with E-state index in [0.717, 1.165) is 0 Å². The Morgan fingerprint density at radius 3 is 0.800 bits per heavy atom. The van der Waals surface area contributed by atoms with Gasteiger partial charge in [-0.25, -0.2) is 0 Å². The topological polar surface area (TPSA) is 0 Å². The summed E-state index contributed by atoms with van der Waals surface area (Å²) in [5, 5.41) is 10.4. The Kier molecular flexibility index (Phi) is 5.58. The lowest BCUT2D eigenvalue weighted by Crippen LogP contribution is -1.98. The fourth-order valence-corrected chi connectivity index (χ4v) is 7.29. The third-order valence-electron chi connectivity index (χ3n) is 8.70. The van der Waals surface area contributed by atoms with Gasteiger partial charge in [-0.05, 0) is 153 Å². The molecule has 0 bridgehead atoms. The van der Waals surface area contributed by atoms with Gasteiger partial charge in [0.2, 0.25) is 0 Å². The van der Waals surface area contributed by atoms with E-state index in [1.54, 1.807) is 0 Å². The van der Waals surface area contributed by atoms with E-state index in [2.05, 4.69) is 139 Å². The minimum Gasteiger partial charge on any atom is -0.0616 e. The summed E-state index contributed by atoms with van der Waals surface area (Å²) in [5.74, 6) is 0. The Balaban J connectivity index is 1.82. The summed E-state index contributed by atoms with van der Waals surface area (Å²) in [4.78, 5) is 0. The number of fused-ring (bicyclic) bond motifs is 4. The molecule has 0 nitrogen and oxygen atoms in total. The third kappa shape index (κ3) is 3.74. The highest BCUT2D eigenvalue weighted by Crippen LogP contribution is 2.48. The van der Waals surface area contributed by atoms with E-state index in [9.17, 15) is 0 Å². The molecule has 7 aromatic carbocycles. The van der Waals surface area contributed by atoms with Gasteiger partial charge in [-0.1, -0.05) is 83.9 Å². The van der Waals surface area contributed by atoms with E-state index in [-0.39, 0.29) is 0 Å². The number of benzene rings is 7. The standard InChI is InChI=1S/C40H34/c1-23-15-25(3)37(26(4)16-23)39-33-19-29-11-7-9-13-31(29)21-35(33)40(38-27(5)17-24(2)18-28(38)6)36-22-32-14-10-8-12-30(32)20-34(36)39/h7-22H,1-6H3. The molecular formula is C40H34. The summed E-state index contributed by atoms with van der Waals surface area (Å²) in [7, 11) is 0. The van der Waals surface area contributed by atoms with Crippen molar-refractivity contribution in [2.75, 3.05) is 0 Å². The second-order valence-electron chi connectivity index (χ2n) is 11.8. The second kappa shape index (κ2) is 9.07. The zero-order valence-corrected chi connectivity index (χ0v) is 24.2. The Hall–Kier alpha value is -4.42. The summed E-state index contributed by atoms with van der Waals surface area (Å²) in [6.45, 7) is 13.5. The van der Waals surface area contributed by atoms with E-state index < -0.39 is 0 Å².